The second kappa shape index (κ2) is 9.45. The number of hydrogen-bond acceptors (Lipinski definition) is 5. The fourth-order valence-electron chi connectivity index (χ4n) is 1.70. The number of rotatable bonds is 7. The maximum atomic E-state index is 11.9. The summed E-state index contributed by atoms with van der Waals surface area (Å²) in [5.74, 6) is -0.592. The lowest BCUT2D eigenvalue weighted by molar-refractivity contribution is -0.123. The highest BCUT2D eigenvalue weighted by molar-refractivity contribution is 5.97. The molecule has 126 valence electrons. The zero-order valence-electron chi connectivity index (χ0n) is 13.5. The van der Waals surface area contributed by atoms with E-state index in [2.05, 4.69) is 10.6 Å². The van der Waals surface area contributed by atoms with Crippen LogP contribution in [0, 0.1) is 5.92 Å². The van der Waals surface area contributed by atoms with Gasteiger partial charge < -0.3 is 14.8 Å². The van der Waals surface area contributed by atoms with Gasteiger partial charge in [0.2, 0.25) is 0 Å². The minimum atomic E-state index is -0.699. The van der Waals surface area contributed by atoms with E-state index in [0.29, 0.717) is 18.2 Å². The molecule has 3 amide bonds. The minimum Gasteiger partial charge on any atom is -0.496 e. The van der Waals surface area contributed by atoms with Crippen molar-refractivity contribution in [2.75, 3.05) is 20.3 Å². The molecular formula is C16H22N2O5. The molecule has 0 fully saturated rings. The smallest absolute Gasteiger partial charge is 0.342 e. The Morgan fingerprint density at radius 2 is 1.87 bits per heavy atom. The standard InChI is InChI=1S/C16H22N2O5/c1-11(2)8-9-17-16(21)18-14(19)10-23-15(20)12-6-4-5-7-13(12)22-3/h4-7,11H,8-10H2,1-3H3,(H2,17,18,19,21). The molecule has 0 saturated heterocycles. The van der Waals surface area contributed by atoms with E-state index in [-0.39, 0.29) is 5.56 Å². The number of methoxy groups -OCH3 is 1. The van der Waals surface area contributed by atoms with Crippen LogP contribution in [0.25, 0.3) is 0 Å². The SMILES string of the molecule is COc1ccccc1C(=O)OCC(=O)NC(=O)NCCC(C)C. The van der Waals surface area contributed by atoms with Crippen LogP contribution in [-0.2, 0) is 9.53 Å². The Hall–Kier alpha value is -2.57. The lowest BCUT2D eigenvalue weighted by Crippen LogP contribution is -2.42. The van der Waals surface area contributed by atoms with Gasteiger partial charge in [-0.05, 0) is 24.5 Å². The molecular weight excluding hydrogens is 300 g/mol. The quantitative estimate of drug-likeness (QED) is 0.746. The first kappa shape index (κ1) is 18.5. The van der Waals surface area contributed by atoms with Crippen LogP contribution < -0.4 is 15.4 Å². The second-order valence-corrected chi connectivity index (χ2v) is 5.26. The molecule has 0 spiro atoms. The van der Waals surface area contributed by atoms with Gasteiger partial charge in [0.15, 0.2) is 6.61 Å². The van der Waals surface area contributed by atoms with E-state index in [1.165, 1.54) is 13.2 Å². The van der Waals surface area contributed by atoms with Gasteiger partial charge in [0.05, 0.1) is 7.11 Å². The molecule has 1 aromatic carbocycles. The van der Waals surface area contributed by atoms with E-state index in [9.17, 15) is 14.4 Å². The average Bonchev–Trinajstić information content (AvgIpc) is 2.52. The third-order valence-electron chi connectivity index (χ3n) is 2.92. The summed E-state index contributed by atoms with van der Waals surface area (Å²) in [4.78, 5) is 34.9. The summed E-state index contributed by atoms with van der Waals surface area (Å²) in [5, 5.41) is 4.64. The van der Waals surface area contributed by atoms with Crippen molar-refractivity contribution in [1.82, 2.24) is 10.6 Å². The van der Waals surface area contributed by atoms with E-state index < -0.39 is 24.5 Å². The van der Waals surface area contributed by atoms with E-state index in [1.807, 2.05) is 13.8 Å². The van der Waals surface area contributed by atoms with Crippen molar-refractivity contribution in [1.29, 1.82) is 0 Å². The van der Waals surface area contributed by atoms with Crippen LogP contribution in [0.1, 0.15) is 30.6 Å². The molecule has 1 aromatic rings. The van der Waals surface area contributed by atoms with E-state index in [1.54, 1.807) is 18.2 Å². The third-order valence-corrected chi connectivity index (χ3v) is 2.92. The number of amides is 3. The van der Waals surface area contributed by atoms with Crippen LogP contribution in [0.15, 0.2) is 24.3 Å². The molecule has 7 heteroatoms. The summed E-state index contributed by atoms with van der Waals surface area (Å²) in [6.45, 7) is 3.98. The van der Waals surface area contributed by atoms with Crippen LogP contribution in [-0.4, -0.2) is 38.2 Å². The molecule has 0 aliphatic rings. The molecule has 0 heterocycles. The highest BCUT2D eigenvalue weighted by atomic mass is 16.5. The van der Waals surface area contributed by atoms with Gasteiger partial charge in [-0.25, -0.2) is 9.59 Å². The number of imide groups is 1. The van der Waals surface area contributed by atoms with E-state index >= 15 is 0 Å². The summed E-state index contributed by atoms with van der Waals surface area (Å²) in [6, 6.07) is 5.89. The zero-order valence-corrected chi connectivity index (χ0v) is 13.5. The van der Waals surface area contributed by atoms with Gasteiger partial charge in [0.25, 0.3) is 5.91 Å². The van der Waals surface area contributed by atoms with Gasteiger partial charge in [0.1, 0.15) is 11.3 Å². The van der Waals surface area contributed by atoms with Gasteiger partial charge in [-0.15, -0.1) is 0 Å². The van der Waals surface area contributed by atoms with Gasteiger partial charge in [0, 0.05) is 6.54 Å². The van der Waals surface area contributed by atoms with Gasteiger partial charge in [-0.1, -0.05) is 26.0 Å². The minimum absolute atomic E-state index is 0.212. The van der Waals surface area contributed by atoms with E-state index in [4.69, 9.17) is 9.47 Å². The highest BCUT2D eigenvalue weighted by Crippen LogP contribution is 2.17. The predicted octanol–water partition coefficient (Wildman–Crippen LogP) is 1.72. The summed E-state index contributed by atoms with van der Waals surface area (Å²) >= 11 is 0. The molecule has 0 aliphatic heterocycles. The average molecular weight is 322 g/mol. The Balaban J connectivity index is 2.38. The normalized spacial score (nSPS) is 10.1. The largest absolute Gasteiger partial charge is 0.496 e. The lowest BCUT2D eigenvalue weighted by atomic mass is 10.1. The molecule has 0 aromatic heterocycles. The highest BCUT2D eigenvalue weighted by Gasteiger charge is 2.15. The molecule has 7 nitrogen and oxygen atoms in total. The number of carbonyl (C=O) groups excluding carboxylic acids is 3. The van der Waals surface area contributed by atoms with Crippen LogP contribution in [0.4, 0.5) is 4.79 Å². The number of esters is 1. The van der Waals surface area contributed by atoms with Gasteiger partial charge in [-0.3, -0.25) is 10.1 Å². The first-order valence-electron chi connectivity index (χ1n) is 7.31. The van der Waals surface area contributed by atoms with Crippen molar-refractivity contribution in [3.05, 3.63) is 29.8 Å². The Morgan fingerprint density at radius 1 is 1.17 bits per heavy atom. The molecule has 0 radical (unpaired) electrons. The summed E-state index contributed by atoms with van der Waals surface area (Å²) < 4.78 is 9.90. The lowest BCUT2D eigenvalue weighted by Gasteiger charge is -2.09. The van der Waals surface area contributed by atoms with Crippen molar-refractivity contribution in [3.8, 4) is 5.75 Å². The summed E-state index contributed by atoms with van der Waals surface area (Å²) in [6.07, 6.45) is 0.810. The Morgan fingerprint density at radius 3 is 2.52 bits per heavy atom. The van der Waals surface area contributed by atoms with Crippen molar-refractivity contribution in [2.24, 2.45) is 5.92 Å². The number of carbonyl (C=O) groups is 3. The van der Waals surface area contributed by atoms with Crippen LogP contribution in [0.3, 0.4) is 0 Å². The summed E-state index contributed by atoms with van der Waals surface area (Å²) in [7, 11) is 1.43. The van der Waals surface area contributed by atoms with Crippen molar-refractivity contribution in [2.45, 2.75) is 20.3 Å². The molecule has 0 bridgehead atoms. The van der Waals surface area contributed by atoms with Crippen molar-refractivity contribution in [3.63, 3.8) is 0 Å². The molecule has 23 heavy (non-hydrogen) atoms. The number of nitrogens with one attached hydrogen (secondary N) is 2. The second-order valence-electron chi connectivity index (χ2n) is 5.26. The molecule has 0 aliphatic carbocycles. The molecule has 0 atom stereocenters. The zero-order chi connectivity index (χ0) is 17.2. The Kier molecular flexibility index (Phi) is 7.59. The number of benzene rings is 1. The van der Waals surface area contributed by atoms with Crippen LogP contribution >= 0.6 is 0 Å². The fraction of sp³-hybridized carbons (Fsp3) is 0.438. The fourth-order valence-corrected chi connectivity index (χ4v) is 1.70. The third kappa shape index (κ3) is 6.82. The molecule has 0 unspecified atom stereocenters. The van der Waals surface area contributed by atoms with Gasteiger partial charge in [-0.2, -0.15) is 0 Å². The Labute approximate surface area is 135 Å². The van der Waals surface area contributed by atoms with Crippen LogP contribution in [0.5, 0.6) is 5.75 Å². The number of para-hydroxylation sites is 1. The van der Waals surface area contributed by atoms with Gasteiger partial charge >= 0.3 is 12.0 Å². The van der Waals surface area contributed by atoms with E-state index in [0.717, 1.165) is 6.42 Å². The first-order valence-corrected chi connectivity index (χ1v) is 7.31. The Bertz CT molecular complexity index is 557. The molecule has 0 saturated carbocycles. The van der Waals surface area contributed by atoms with Crippen molar-refractivity contribution >= 4 is 17.9 Å². The maximum absolute atomic E-state index is 11.9. The molecule has 1 rings (SSSR count). The topological polar surface area (TPSA) is 93.7 Å². The van der Waals surface area contributed by atoms with Crippen molar-refractivity contribution < 1.29 is 23.9 Å². The summed E-state index contributed by atoms with van der Waals surface area (Å²) in [5.41, 5.74) is 0.212. The maximum Gasteiger partial charge on any atom is 0.342 e. The van der Waals surface area contributed by atoms with Crippen LogP contribution in [0.2, 0.25) is 0 Å². The number of urea groups is 1. The monoisotopic (exact) mass is 322 g/mol. The first-order chi connectivity index (χ1) is 10.9. The molecule has 2 N–H and O–H groups in total. The number of ether oxygens (including phenoxy) is 2. The number of hydrogen-bond donors (Lipinski definition) is 2. The predicted molar refractivity (Wildman–Crippen MR) is 84.3 cm³/mol.